The first-order chi connectivity index (χ1) is 6.63. The lowest BCUT2D eigenvalue weighted by molar-refractivity contribution is -0.144. The van der Waals surface area contributed by atoms with Gasteiger partial charge in [0.2, 0.25) is 0 Å². The van der Waals surface area contributed by atoms with Gasteiger partial charge < -0.3 is 4.74 Å². The lowest BCUT2D eigenvalue weighted by atomic mass is 10.1. The summed E-state index contributed by atoms with van der Waals surface area (Å²) in [5, 5.41) is 0.618. The lowest BCUT2D eigenvalue weighted by Gasteiger charge is -2.10. The van der Waals surface area contributed by atoms with Gasteiger partial charge in [-0.25, -0.2) is 0 Å². The summed E-state index contributed by atoms with van der Waals surface area (Å²) in [6.45, 7) is 1.32. The summed E-state index contributed by atoms with van der Waals surface area (Å²) in [5.74, 6) is 1.98. The van der Waals surface area contributed by atoms with Crippen molar-refractivity contribution in [3.63, 3.8) is 0 Å². The lowest BCUT2D eigenvalue weighted by Crippen LogP contribution is -2.06. The van der Waals surface area contributed by atoms with E-state index in [-0.39, 0.29) is 0 Å². The first-order valence-electron chi connectivity index (χ1n) is 4.02. The van der Waals surface area contributed by atoms with Gasteiger partial charge in [-0.3, -0.25) is 4.79 Å². The van der Waals surface area contributed by atoms with Crippen molar-refractivity contribution in [2.45, 2.75) is 13.0 Å². The van der Waals surface area contributed by atoms with E-state index >= 15 is 0 Å². The molecule has 0 bridgehead atoms. The number of rotatable bonds is 2. The number of halogens is 1. The predicted molar refractivity (Wildman–Crippen MR) is 54.8 cm³/mol. The van der Waals surface area contributed by atoms with E-state index in [0.29, 0.717) is 5.02 Å². The smallest absolute Gasteiger partial charge is 0.304 e. The van der Waals surface area contributed by atoms with Gasteiger partial charge in [-0.15, -0.1) is 6.42 Å². The van der Waals surface area contributed by atoms with Crippen LogP contribution in [0.25, 0.3) is 0 Å². The van der Waals surface area contributed by atoms with E-state index in [9.17, 15) is 4.79 Å². The van der Waals surface area contributed by atoms with Crippen LogP contribution in [0.3, 0.4) is 0 Å². The highest BCUT2D eigenvalue weighted by Crippen LogP contribution is 2.19. The fraction of sp³-hybridized carbons (Fsp3) is 0.182. The van der Waals surface area contributed by atoms with E-state index in [1.165, 1.54) is 6.92 Å². The molecule has 0 amide bonds. The molecule has 3 heteroatoms. The molecule has 0 fully saturated rings. The number of carbonyl (C=O) groups is 1. The van der Waals surface area contributed by atoms with Gasteiger partial charge in [0.1, 0.15) is 0 Å². The van der Waals surface area contributed by atoms with Crippen molar-refractivity contribution in [2.24, 2.45) is 0 Å². The van der Waals surface area contributed by atoms with Gasteiger partial charge in [-0.1, -0.05) is 29.7 Å². The van der Waals surface area contributed by atoms with Crippen molar-refractivity contribution in [1.82, 2.24) is 0 Å². The maximum Gasteiger partial charge on any atom is 0.304 e. The van der Waals surface area contributed by atoms with Crippen molar-refractivity contribution in [1.29, 1.82) is 0 Å². The van der Waals surface area contributed by atoms with Crippen molar-refractivity contribution in [3.8, 4) is 12.3 Å². The van der Waals surface area contributed by atoms with Crippen molar-refractivity contribution >= 4 is 17.6 Å². The molecule has 14 heavy (non-hydrogen) atoms. The fourth-order valence-corrected chi connectivity index (χ4v) is 1.13. The zero-order valence-corrected chi connectivity index (χ0v) is 8.41. The predicted octanol–water partition coefficient (Wildman–Crippen LogP) is 2.58. The van der Waals surface area contributed by atoms with Crippen LogP contribution in [0.4, 0.5) is 0 Å². The molecule has 0 saturated heterocycles. The van der Waals surface area contributed by atoms with Crippen LogP contribution < -0.4 is 0 Å². The molecular formula is C11H9ClO2. The van der Waals surface area contributed by atoms with Crippen molar-refractivity contribution in [2.75, 3.05) is 0 Å². The highest BCUT2D eigenvalue weighted by atomic mass is 35.5. The highest BCUT2D eigenvalue weighted by Gasteiger charge is 2.10. The second-order valence-corrected chi connectivity index (χ2v) is 3.14. The fourth-order valence-electron chi connectivity index (χ4n) is 1.00. The van der Waals surface area contributed by atoms with Crippen molar-refractivity contribution < 1.29 is 9.53 Å². The normalized spacial score (nSPS) is 11.5. The molecule has 2 nitrogen and oxygen atoms in total. The molecule has 0 N–H and O–H groups in total. The molecular weight excluding hydrogens is 200 g/mol. The molecule has 0 heterocycles. The summed E-state index contributed by atoms with van der Waals surface area (Å²) in [6, 6.07) is 6.86. The molecule has 0 aliphatic rings. The number of carbonyl (C=O) groups excluding carboxylic acids is 1. The average molecular weight is 209 g/mol. The third-order valence-electron chi connectivity index (χ3n) is 1.61. The van der Waals surface area contributed by atoms with Gasteiger partial charge >= 0.3 is 5.97 Å². The number of ether oxygens (including phenoxy) is 1. The summed E-state index contributed by atoms with van der Waals surface area (Å²) in [5.41, 5.74) is 0.743. The largest absolute Gasteiger partial charge is 0.444 e. The Hall–Kier alpha value is -1.46. The number of benzene rings is 1. The Kier molecular flexibility index (Phi) is 3.55. The number of esters is 1. The van der Waals surface area contributed by atoms with E-state index in [0.717, 1.165) is 5.56 Å². The van der Waals surface area contributed by atoms with Crippen molar-refractivity contribution in [3.05, 3.63) is 34.9 Å². The zero-order valence-electron chi connectivity index (χ0n) is 7.66. The maximum atomic E-state index is 10.7. The van der Waals surface area contributed by atoms with Crippen LogP contribution in [0.5, 0.6) is 0 Å². The zero-order chi connectivity index (χ0) is 10.6. The summed E-state index contributed by atoms with van der Waals surface area (Å²) in [4.78, 5) is 10.7. The quantitative estimate of drug-likeness (QED) is 0.552. The third kappa shape index (κ3) is 2.79. The molecule has 1 aromatic rings. The molecule has 0 aliphatic heterocycles. The first kappa shape index (κ1) is 10.6. The maximum absolute atomic E-state index is 10.7. The van der Waals surface area contributed by atoms with E-state index in [2.05, 4.69) is 5.92 Å². The molecule has 0 radical (unpaired) electrons. The Morgan fingerprint density at radius 2 is 2.07 bits per heavy atom. The van der Waals surface area contributed by atoms with Crippen LogP contribution in [0.2, 0.25) is 5.02 Å². The topological polar surface area (TPSA) is 26.3 Å². The summed E-state index contributed by atoms with van der Waals surface area (Å²) in [7, 11) is 0. The number of hydrogen-bond acceptors (Lipinski definition) is 2. The van der Waals surface area contributed by atoms with Gasteiger partial charge in [-0.2, -0.15) is 0 Å². The van der Waals surface area contributed by atoms with Crippen LogP contribution >= 0.6 is 11.6 Å². The van der Waals surface area contributed by atoms with Gasteiger partial charge in [0, 0.05) is 17.5 Å². The molecule has 0 unspecified atom stereocenters. The van der Waals surface area contributed by atoms with Crippen LogP contribution in [-0.4, -0.2) is 5.97 Å². The minimum absolute atomic E-state index is 0.400. The van der Waals surface area contributed by atoms with E-state index < -0.39 is 12.1 Å². The molecule has 0 saturated carbocycles. The van der Waals surface area contributed by atoms with Crippen LogP contribution in [-0.2, 0) is 9.53 Å². The molecule has 0 aliphatic carbocycles. The first-order valence-corrected chi connectivity index (χ1v) is 4.40. The molecule has 0 aromatic heterocycles. The standard InChI is InChI=1S/C11H9ClO2/c1-3-11(14-8(2)13)9-4-6-10(12)7-5-9/h1,4-7,11H,2H3/t11-/m1/s1. The Balaban J connectivity index is 2.85. The van der Waals surface area contributed by atoms with Crippen LogP contribution in [0, 0.1) is 12.3 Å². The van der Waals surface area contributed by atoms with E-state index in [1.807, 2.05) is 0 Å². The second-order valence-electron chi connectivity index (χ2n) is 2.71. The molecule has 72 valence electrons. The molecule has 1 atom stereocenters. The molecule has 0 spiro atoms. The van der Waals surface area contributed by atoms with Gasteiger partial charge in [-0.05, 0) is 12.1 Å². The highest BCUT2D eigenvalue weighted by molar-refractivity contribution is 6.30. The minimum atomic E-state index is -0.634. The average Bonchev–Trinajstić information content (AvgIpc) is 2.15. The van der Waals surface area contributed by atoms with E-state index in [1.54, 1.807) is 24.3 Å². The molecule has 1 aromatic carbocycles. The Morgan fingerprint density at radius 1 is 1.50 bits per heavy atom. The number of terminal acetylenes is 1. The van der Waals surface area contributed by atoms with Gasteiger partial charge in [0.25, 0.3) is 0 Å². The van der Waals surface area contributed by atoms with E-state index in [4.69, 9.17) is 22.8 Å². The summed E-state index contributed by atoms with van der Waals surface area (Å²) < 4.78 is 4.91. The SMILES string of the molecule is C#C[C@@H](OC(C)=O)c1ccc(Cl)cc1. The van der Waals surface area contributed by atoms with Crippen LogP contribution in [0.15, 0.2) is 24.3 Å². The summed E-state index contributed by atoms with van der Waals surface area (Å²) >= 11 is 5.71. The van der Waals surface area contributed by atoms with Crippen LogP contribution in [0.1, 0.15) is 18.6 Å². The molecule has 1 rings (SSSR count). The summed E-state index contributed by atoms with van der Waals surface area (Å²) in [6.07, 6.45) is 4.60. The Bertz CT molecular complexity index is 362. The number of hydrogen-bond donors (Lipinski definition) is 0. The Morgan fingerprint density at radius 3 is 2.50 bits per heavy atom. The van der Waals surface area contributed by atoms with Gasteiger partial charge in [0.15, 0.2) is 6.10 Å². The minimum Gasteiger partial charge on any atom is -0.444 e. The Labute approximate surface area is 87.8 Å². The van der Waals surface area contributed by atoms with Gasteiger partial charge in [0.05, 0.1) is 0 Å². The third-order valence-corrected chi connectivity index (χ3v) is 1.86. The second kappa shape index (κ2) is 4.69. The monoisotopic (exact) mass is 208 g/mol.